The second-order valence-electron chi connectivity index (χ2n) is 4.95. The first-order chi connectivity index (χ1) is 12.4. The quantitative estimate of drug-likeness (QED) is 0.685. The fourth-order valence-electron chi connectivity index (χ4n) is 2.01. The Labute approximate surface area is 146 Å². The topological polar surface area (TPSA) is 81.2 Å². The molecule has 0 fully saturated rings. The SMILES string of the molecule is O=S(=O)(Nc1cccc(Oc2cnccn2)c1)c1ccc(F)c(F)c1F. The summed E-state index contributed by atoms with van der Waals surface area (Å²) in [5, 5.41) is 0. The predicted molar refractivity (Wildman–Crippen MR) is 85.7 cm³/mol. The van der Waals surface area contributed by atoms with Crippen molar-refractivity contribution in [1.29, 1.82) is 0 Å². The van der Waals surface area contributed by atoms with Crippen LogP contribution in [0.5, 0.6) is 11.6 Å². The third kappa shape index (κ3) is 3.75. The minimum atomic E-state index is -4.49. The van der Waals surface area contributed by atoms with Crippen molar-refractivity contribution in [2.45, 2.75) is 4.90 Å². The molecule has 0 spiro atoms. The summed E-state index contributed by atoms with van der Waals surface area (Å²) in [6.07, 6.45) is 4.22. The van der Waals surface area contributed by atoms with Crippen molar-refractivity contribution in [2.24, 2.45) is 0 Å². The Morgan fingerprint density at radius 2 is 1.81 bits per heavy atom. The lowest BCUT2D eigenvalue weighted by molar-refractivity contribution is 0.432. The van der Waals surface area contributed by atoms with Gasteiger partial charge in [0.25, 0.3) is 10.0 Å². The monoisotopic (exact) mass is 381 g/mol. The van der Waals surface area contributed by atoms with E-state index < -0.39 is 32.4 Å². The largest absolute Gasteiger partial charge is 0.437 e. The number of aromatic nitrogens is 2. The minimum absolute atomic E-state index is 0.0236. The Bertz CT molecular complexity index is 1050. The maximum Gasteiger partial charge on any atom is 0.264 e. The third-order valence-electron chi connectivity index (χ3n) is 3.14. The first-order valence-electron chi connectivity index (χ1n) is 7.07. The van der Waals surface area contributed by atoms with E-state index in [1.165, 1.54) is 42.9 Å². The summed E-state index contributed by atoms with van der Waals surface area (Å²) in [7, 11) is -4.49. The molecule has 0 radical (unpaired) electrons. The molecule has 0 bridgehead atoms. The molecule has 10 heteroatoms. The number of halogens is 3. The van der Waals surface area contributed by atoms with Gasteiger partial charge in [-0.25, -0.2) is 26.6 Å². The van der Waals surface area contributed by atoms with Gasteiger partial charge in [-0.2, -0.15) is 0 Å². The molecule has 3 rings (SSSR count). The zero-order valence-electron chi connectivity index (χ0n) is 12.9. The summed E-state index contributed by atoms with van der Waals surface area (Å²) in [5.74, 6) is -4.74. The molecule has 0 aliphatic carbocycles. The Hall–Kier alpha value is -3.14. The second kappa shape index (κ2) is 7.00. The molecule has 0 unspecified atom stereocenters. The van der Waals surface area contributed by atoms with Crippen molar-refractivity contribution in [3.63, 3.8) is 0 Å². The van der Waals surface area contributed by atoms with Crippen LogP contribution in [0.2, 0.25) is 0 Å². The molecule has 6 nitrogen and oxygen atoms in total. The highest BCUT2D eigenvalue weighted by molar-refractivity contribution is 7.92. The van der Waals surface area contributed by atoms with E-state index in [1.54, 1.807) is 0 Å². The van der Waals surface area contributed by atoms with E-state index in [9.17, 15) is 21.6 Å². The molecular formula is C16H10F3N3O3S. The van der Waals surface area contributed by atoms with E-state index in [0.717, 1.165) is 0 Å². The standard InChI is InChI=1S/C16H10F3N3O3S/c17-12-4-5-13(16(19)15(12)18)26(23,24)22-10-2-1-3-11(8-10)25-14-9-20-6-7-21-14/h1-9,22H. The van der Waals surface area contributed by atoms with Crippen molar-refractivity contribution >= 4 is 15.7 Å². The lowest BCUT2D eigenvalue weighted by Crippen LogP contribution is -2.15. The summed E-state index contributed by atoms with van der Waals surface area (Å²) < 4.78 is 72.0. The average Bonchev–Trinajstić information content (AvgIpc) is 2.60. The summed E-state index contributed by atoms with van der Waals surface area (Å²) >= 11 is 0. The van der Waals surface area contributed by atoms with Gasteiger partial charge in [-0.3, -0.25) is 9.71 Å². The van der Waals surface area contributed by atoms with Crippen LogP contribution in [0.1, 0.15) is 0 Å². The molecule has 0 atom stereocenters. The average molecular weight is 381 g/mol. The van der Waals surface area contributed by atoms with Gasteiger partial charge in [-0.15, -0.1) is 0 Å². The lowest BCUT2D eigenvalue weighted by atomic mass is 10.3. The van der Waals surface area contributed by atoms with Gasteiger partial charge in [-0.05, 0) is 24.3 Å². The Balaban J connectivity index is 1.87. The van der Waals surface area contributed by atoms with Gasteiger partial charge in [0.05, 0.1) is 11.9 Å². The number of nitrogens with zero attached hydrogens (tertiary/aromatic N) is 2. The van der Waals surface area contributed by atoms with Crippen molar-refractivity contribution in [3.8, 4) is 11.6 Å². The van der Waals surface area contributed by atoms with Crippen molar-refractivity contribution in [1.82, 2.24) is 9.97 Å². The number of benzene rings is 2. The van der Waals surface area contributed by atoms with Crippen molar-refractivity contribution in [3.05, 3.63) is 72.4 Å². The minimum Gasteiger partial charge on any atom is -0.437 e. The van der Waals surface area contributed by atoms with Crippen LogP contribution in [-0.2, 0) is 10.0 Å². The zero-order valence-corrected chi connectivity index (χ0v) is 13.7. The predicted octanol–water partition coefficient (Wildman–Crippen LogP) is 3.49. The lowest BCUT2D eigenvalue weighted by Gasteiger charge is -2.11. The number of rotatable bonds is 5. The first kappa shape index (κ1) is 17.7. The van der Waals surface area contributed by atoms with Gasteiger partial charge in [0, 0.05) is 18.5 Å². The second-order valence-corrected chi connectivity index (χ2v) is 6.60. The molecule has 26 heavy (non-hydrogen) atoms. The normalized spacial score (nSPS) is 11.2. The molecule has 0 saturated heterocycles. The molecule has 134 valence electrons. The van der Waals surface area contributed by atoms with Crippen LogP contribution in [0.4, 0.5) is 18.9 Å². The van der Waals surface area contributed by atoms with E-state index in [-0.39, 0.29) is 17.3 Å². The number of anilines is 1. The molecule has 2 aromatic carbocycles. The van der Waals surface area contributed by atoms with E-state index in [1.807, 2.05) is 0 Å². The summed E-state index contributed by atoms with van der Waals surface area (Å²) in [4.78, 5) is 6.71. The fourth-order valence-corrected chi connectivity index (χ4v) is 3.13. The van der Waals surface area contributed by atoms with Gasteiger partial charge >= 0.3 is 0 Å². The fraction of sp³-hybridized carbons (Fsp3) is 0. The van der Waals surface area contributed by atoms with Gasteiger partial charge in [0.2, 0.25) is 5.88 Å². The van der Waals surface area contributed by atoms with Crippen LogP contribution in [0, 0.1) is 17.5 Å². The first-order valence-corrected chi connectivity index (χ1v) is 8.55. The molecule has 0 amide bonds. The Morgan fingerprint density at radius 3 is 2.54 bits per heavy atom. The molecule has 0 saturated carbocycles. The van der Waals surface area contributed by atoms with Crippen LogP contribution in [0.15, 0.2) is 59.9 Å². The number of nitrogens with one attached hydrogen (secondary N) is 1. The summed E-state index contributed by atoms with van der Waals surface area (Å²) in [5.41, 5.74) is 0.0236. The van der Waals surface area contributed by atoms with Crippen LogP contribution in [0.25, 0.3) is 0 Å². The van der Waals surface area contributed by atoms with Gasteiger partial charge < -0.3 is 4.74 Å². The molecule has 3 aromatic rings. The summed E-state index contributed by atoms with van der Waals surface area (Å²) in [6, 6.07) is 6.86. The smallest absolute Gasteiger partial charge is 0.264 e. The van der Waals surface area contributed by atoms with E-state index in [2.05, 4.69) is 14.7 Å². The van der Waals surface area contributed by atoms with Crippen molar-refractivity contribution < 1.29 is 26.3 Å². The molecule has 1 heterocycles. The number of ether oxygens (including phenoxy) is 1. The van der Waals surface area contributed by atoms with Gasteiger partial charge in [0.1, 0.15) is 10.6 Å². The highest BCUT2D eigenvalue weighted by Crippen LogP contribution is 2.26. The molecule has 0 aliphatic heterocycles. The maximum atomic E-state index is 13.8. The molecular weight excluding hydrogens is 371 g/mol. The third-order valence-corrected chi connectivity index (χ3v) is 4.54. The highest BCUT2D eigenvalue weighted by Gasteiger charge is 2.24. The van der Waals surface area contributed by atoms with Crippen LogP contribution < -0.4 is 9.46 Å². The molecule has 1 aromatic heterocycles. The molecule has 1 N–H and O–H groups in total. The highest BCUT2D eigenvalue weighted by atomic mass is 32.2. The number of sulfonamides is 1. The number of hydrogen-bond donors (Lipinski definition) is 1. The van der Waals surface area contributed by atoms with Gasteiger partial charge in [0.15, 0.2) is 17.5 Å². The van der Waals surface area contributed by atoms with E-state index in [0.29, 0.717) is 12.1 Å². The van der Waals surface area contributed by atoms with Crippen LogP contribution in [0.3, 0.4) is 0 Å². The number of hydrogen-bond acceptors (Lipinski definition) is 5. The van der Waals surface area contributed by atoms with Crippen LogP contribution >= 0.6 is 0 Å². The maximum absolute atomic E-state index is 13.8. The van der Waals surface area contributed by atoms with Gasteiger partial charge in [-0.1, -0.05) is 6.07 Å². The zero-order chi connectivity index (χ0) is 18.7. The Morgan fingerprint density at radius 1 is 1.00 bits per heavy atom. The van der Waals surface area contributed by atoms with Crippen molar-refractivity contribution in [2.75, 3.05) is 4.72 Å². The van der Waals surface area contributed by atoms with E-state index >= 15 is 0 Å². The van der Waals surface area contributed by atoms with E-state index in [4.69, 9.17) is 4.74 Å². The summed E-state index contributed by atoms with van der Waals surface area (Å²) in [6.45, 7) is 0. The van der Waals surface area contributed by atoms with Crippen LogP contribution in [-0.4, -0.2) is 18.4 Å². The Kier molecular flexibility index (Phi) is 4.76. The molecule has 0 aliphatic rings.